The highest BCUT2D eigenvalue weighted by Gasteiger charge is 2.36. The lowest BCUT2D eigenvalue weighted by Gasteiger charge is -2.28. The molecule has 1 aliphatic heterocycles. The Balaban J connectivity index is 1.99. The number of hydrogen-bond donors (Lipinski definition) is 1. The molecule has 0 aromatic carbocycles. The Labute approximate surface area is 107 Å². The van der Waals surface area contributed by atoms with E-state index in [0.717, 1.165) is 25.9 Å². The lowest BCUT2D eigenvalue weighted by atomic mass is 9.97. The summed E-state index contributed by atoms with van der Waals surface area (Å²) in [5, 5.41) is 0.412. The number of ether oxygens (including phenoxy) is 1. The van der Waals surface area contributed by atoms with Gasteiger partial charge in [0, 0.05) is 23.4 Å². The van der Waals surface area contributed by atoms with Crippen molar-refractivity contribution in [1.29, 1.82) is 0 Å². The highest BCUT2D eigenvalue weighted by Crippen LogP contribution is 2.27. The maximum Gasteiger partial charge on any atom is 0.0691 e. The minimum absolute atomic E-state index is 0.129. The average molecular weight is 259 g/mol. The number of nitrogens with two attached hydrogens (primary N) is 1. The van der Waals surface area contributed by atoms with Gasteiger partial charge in [-0.25, -0.2) is 0 Å². The molecule has 1 saturated carbocycles. The smallest absolute Gasteiger partial charge is 0.0691 e. The Bertz CT molecular complexity index is 272. The molecule has 17 heavy (non-hydrogen) atoms. The van der Waals surface area contributed by atoms with Gasteiger partial charge >= 0.3 is 0 Å². The maximum atomic E-state index is 12.6. The summed E-state index contributed by atoms with van der Waals surface area (Å²) in [5.74, 6) is 0. The molecule has 100 valence electrons. The lowest BCUT2D eigenvalue weighted by molar-refractivity contribution is 0.126. The summed E-state index contributed by atoms with van der Waals surface area (Å²) in [5.41, 5.74) is 6.23. The second kappa shape index (κ2) is 6.30. The summed E-state index contributed by atoms with van der Waals surface area (Å²) < 4.78 is 18.2. The Hall–Kier alpha value is 0.0700. The van der Waals surface area contributed by atoms with E-state index in [-0.39, 0.29) is 22.6 Å². The molecule has 1 heterocycles. The average Bonchev–Trinajstić information content (AvgIpc) is 2.70. The van der Waals surface area contributed by atoms with Gasteiger partial charge in [-0.1, -0.05) is 25.7 Å². The van der Waals surface area contributed by atoms with Crippen LogP contribution >= 0.6 is 0 Å². The van der Waals surface area contributed by atoms with Crippen LogP contribution in [0.4, 0.5) is 0 Å². The van der Waals surface area contributed by atoms with Crippen LogP contribution in [-0.4, -0.2) is 33.5 Å². The van der Waals surface area contributed by atoms with Crippen LogP contribution in [0.15, 0.2) is 0 Å². The molecular weight excluding hydrogens is 234 g/mol. The van der Waals surface area contributed by atoms with Gasteiger partial charge in [0.05, 0.1) is 16.6 Å². The van der Waals surface area contributed by atoms with Gasteiger partial charge in [-0.15, -0.1) is 0 Å². The van der Waals surface area contributed by atoms with Crippen LogP contribution in [0.3, 0.4) is 0 Å². The minimum Gasteiger partial charge on any atom is -0.377 e. The first-order valence-corrected chi connectivity index (χ1v) is 8.24. The summed E-state index contributed by atoms with van der Waals surface area (Å²) in [7, 11) is -0.811. The molecule has 4 heteroatoms. The topological polar surface area (TPSA) is 52.3 Å². The van der Waals surface area contributed by atoms with Crippen LogP contribution in [0.25, 0.3) is 0 Å². The van der Waals surface area contributed by atoms with E-state index in [4.69, 9.17) is 10.5 Å². The highest BCUT2D eigenvalue weighted by atomic mass is 32.2. The summed E-state index contributed by atoms with van der Waals surface area (Å²) in [6.45, 7) is 2.81. The van der Waals surface area contributed by atoms with E-state index < -0.39 is 10.8 Å². The van der Waals surface area contributed by atoms with Crippen LogP contribution in [0.5, 0.6) is 0 Å². The molecule has 1 aliphatic carbocycles. The third-order valence-electron chi connectivity index (χ3n) is 4.16. The zero-order chi connectivity index (χ0) is 12.3. The van der Waals surface area contributed by atoms with Crippen LogP contribution in [0, 0.1) is 0 Å². The van der Waals surface area contributed by atoms with Gasteiger partial charge in [-0.3, -0.25) is 4.21 Å². The maximum absolute atomic E-state index is 12.6. The fourth-order valence-corrected chi connectivity index (χ4v) is 5.12. The zero-order valence-corrected chi connectivity index (χ0v) is 11.6. The van der Waals surface area contributed by atoms with Crippen molar-refractivity contribution < 1.29 is 8.95 Å². The summed E-state index contributed by atoms with van der Waals surface area (Å²) >= 11 is 0. The molecule has 5 unspecified atom stereocenters. The van der Waals surface area contributed by atoms with Crippen molar-refractivity contribution >= 4 is 10.8 Å². The fourth-order valence-electron chi connectivity index (χ4n) is 3.01. The van der Waals surface area contributed by atoms with Crippen molar-refractivity contribution in [2.75, 3.05) is 6.61 Å². The monoisotopic (exact) mass is 259 g/mol. The summed E-state index contributed by atoms with van der Waals surface area (Å²) in [4.78, 5) is 0. The molecule has 2 rings (SSSR count). The highest BCUT2D eigenvalue weighted by molar-refractivity contribution is 7.86. The van der Waals surface area contributed by atoms with Gasteiger partial charge in [0.25, 0.3) is 0 Å². The Morgan fingerprint density at radius 1 is 1.06 bits per heavy atom. The van der Waals surface area contributed by atoms with Crippen LogP contribution < -0.4 is 5.73 Å². The SMILES string of the molecule is CC1OCCC1S(=O)C1CCCCCCC1N. The molecule has 5 atom stereocenters. The minimum atomic E-state index is -0.811. The largest absolute Gasteiger partial charge is 0.377 e. The standard InChI is InChI=1S/C13H25NO2S/c1-10-12(8-9-16-10)17(15)13-7-5-3-2-4-6-11(13)14/h10-13H,2-9,14H2,1H3. The molecule has 2 aliphatic rings. The molecule has 0 aromatic rings. The number of hydrogen-bond acceptors (Lipinski definition) is 3. The molecule has 0 spiro atoms. The van der Waals surface area contributed by atoms with E-state index in [1.165, 1.54) is 25.7 Å². The van der Waals surface area contributed by atoms with Crippen LogP contribution in [-0.2, 0) is 15.5 Å². The van der Waals surface area contributed by atoms with E-state index in [1.54, 1.807) is 0 Å². The molecule has 3 nitrogen and oxygen atoms in total. The molecular formula is C13H25NO2S. The lowest BCUT2D eigenvalue weighted by Crippen LogP contribution is -2.43. The third-order valence-corrected chi connectivity index (χ3v) is 6.55. The molecule has 1 saturated heterocycles. The van der Waals surface area contributed by atoms with Crippen molar-refractivity contribution in [1.82, 2.24) is 0 Å². The predicted molar refractivity (Wildman–Crippen MR) is 71.4 cm³/mol. The van der Waals surface area contributed by atoms with Gasteiger partial charge in [-0.05, 0) is 26.2 Å². The summed E-state index contributed by atoms with van der Waals surface area (Å²) in [6, 6.07) is 0.129. The van der Waals surface area contributed by atoms with Crippen molar-refractivity contribution in [3.05, 3.63) is 0 Å². The molecule has 0 amide bonds. The molecule has 0 aromatic heterocycles. The van der Waals surface area contributed by atoms with Crippen molar-refractivity contribution in [3.63, 3.8) is 0 Å². The first-order chi connectivity index (χ1) is 8.20. The fraction of sp³-hybridized carbons (Fsp3) is 1.00. The van der Waals surface area contributed by atoms with Crippen molar-refractivity contribution in [2.45, 2.75) is 74.5 Å². The normalized spacial score (nSPS) is 41.8. The molecule has 2 fully saturated rings. The molecule has 2 N–H and O–H groups in total. The molecule has 0 bridgehead atoms. The van der Waals surface area contributed by atoms with E-state index >= 15 is 0 Å². The first kappa shape index (κ1) is 13.5. The van der Waals surface area contributed by atoms with E-state index in [1.807, 2.05) is 6.92 Å². The van der Waals surface area contributed by atoms with Crippen molar-refractivity contribution in [3.8, 4) is 0 Å². The second-order valence-corrected chi connectivity index (χ2v) is 7.29. The summed E-state index contributed by atoms with van der Waals surface area (Å²) in [6.07, 6.45) is 8.12. The zero-order valence-electron chi connectivity index (χ0n) is 10.8. The van der Waals surface area contributed by atoms with Crippen LogP contribution in [0.2, 0.25) is 0 Å². The molecule has 0 radical (unpaired) electrons. The van der Waals surface area contributed by atoms with Gasteiger partial charge < -0.3 is 10.5 Å². The van der Waals surface area contributed by atoms with E-state index in [2.05, 4.69) is 0 Å². The Kier molecular flexibility index (Phi) is 5.00. The van der Waals surface area contributed by atoms with Gasteiger partial charge in [0.15, 0.2) is 0 Å². The predicted octanol–water partition coefficient (Wildman–Crippen LogP) is 1.96. The first-order valence-electron chi connectivity index (χ1n) is 6.96. The quantitative estimate of drug-likeness (QED) is 0.825. The Morgan fingerprint density at radius 3 is 2.41 bits per heavy atom. The number of rotatable bonds is 2. The van der Waals surface area contributed by atoms with E-state index in [9.17, 15) is 4.21 Å². The van der Waals surface area contributed by atoms with Crippen LogP contribution in [0.1, 0.15) is 51.9 Å². The third kappa shape index (κ3) is 3.30. The van der Waals surface area contributed by atoms with Gasteiger partial charge in [-0.2, -0.15) is 0 Å². The van der Waals surface area contributed by atoms with E-state index in [0.29, 0.717) is 0 Å². The second-order valence-electron chi connectivity index (χ2n) is 5.43. The van der Waals surface area contributed by atoms with Gasteiger partial charge in [0.1, 0.15) is 0 Å². The van der Waals surface area contributed by atoms with Crippen molar-refractivity contribution in [2.24, 2.45) is 5.73 Å². The van der Waals surface area contributed by atoms with Gasteiger partial charge in [0.2, 0.25) is 0 Å². The Morgan fingerprint density at radius 2 is 1.76 bits per heavy atom.